The number of allylic oxidation sites excluding steroid dienone is 2. The molecular weight excluding hydrogens is 489 g/mol. The number of guanidine groups is 1. The summed E-state index contributed by atoms with van der Waals surface area (Å²) in [6.45, 7) is 12.9. The van der Waals surface area contributed by atoms with E-state index in [0.29, 0.717) is 37.0 Å². The predicted octanol–water partition coefficient (Wildman–Crippen LogP) is 2.81. The van der Waals surface area contributed by atoms with Crippen molar-refractivity contribution in [1.29, 1.82) is 0 Å². The van der Waals surface area contributed by atoms with Gasteiger partial charge >= 0.3 is 7.12 Å². The number of nitrogens with zero attached hydrogens (tertiary/aromatic N) is 2. The molecule has 11 nitrogen and oxygen atoms in total. The molecule has 212 valence electrons. The van der Waals surface area contributed by atoms with Gasteiger partial charge in [-0.15, -0.1) is 0 Å². The predicted molar refractivity (Wildman–Crippen MR) is 145 cm³/mol. The summed E-state index contributed by atoms with van der Waals surface area (Å²) in [5, 5.41) is 12.9. The Morgan fingerprint density at radius 3 is 2.61 bits per heavy atom. The number of rotatable bonds is 13. The molecule has 0 unspecified atom stereocenters. The van der Waals surface area contributed by atoms with Gasteiger partial charge in [-0.05, 0) is 75.2 Å². The molecule has 1 saturated heterocycles. The van der Waals surface area contributed by atoms with Gasteiger partial charge in [-0.2, -0.15) is 0 Å². The van der Waals surface area contributed by atoms with E-state index in [-0.39, 0.29) is 53.7 Å². The van der Waals surface area contributed by atoms with Crippen molar-refractivity contribution >= 4 is 24.8 Å². The molecule has 38 heavy (non-hydrogen) atoms. The highest BCUT2D eigenvalue weighted by Gasteiger charge is 2.68. The smallest absolute Gasteiger partial charge is 0.404 e. The number of carbonyl (C=O) groups excluding carboxylic acids is 2. The second-order valence-electron chi connectivity index (χ2n) is 12.2. The molecule has 4 rings (SSSR count). The Balaban J connectivity index is 1.68. The molecule has 0 aromatic carbocycles. The van der Waals surface area contributed by atoms with Crippen LogP contribution in [0, 0.1) is 39.2 Å². The monoisotopic (exact) mass is 533 g/mol. The standard InChI is InChI=1S/C26H44BN5O6/c1-7-9-19(33)13-17(10-8-11-29-24(28)31-32(35)36)23(34)30-22(12-16(2)3)27-37-21-15-18-14-20(25(18,4)5)26(21,6)38-27/h7,9,16-18,20-22H,8,10-15H2,1-6H3,(H,30,34)(H3,28,29,31)/b9-7+/t17-,18+,20+,21-,22+,26+/m1/s1. The van der Waals surface area contributed by atoms with E-state index >= 15 is 0 Å². The van der Waals surface area contributed by atoms with Crippen molar-refractivity contribution in [3.63, 3.8) is 0 Å². The summed E-state index contributed by atoms with van der Waals surface area (Å²) < 4.78 is 13.1. The van der Waals surface area contributed by atoms with Gasteiger partial charge in [0.2, 0.25) is 5.91 Å². The lowest BCUT2D eigenvalue weighted by Gasteiger charge is -2.64. The van der Waals surface area contributed by atoms with E-state index < -0.39 is 18.1 Å². The van der Waals surface area contributed by atoms with Crippen molar-refractivity contribution in [2.75, 3.05) is 6.54 Å². The Bertz CT molecular complexity index is 956. The molecule has 3 saturated carbocycles. The van der Waals surface area contributed by atoms with Crippen molar-refractivity contribution in [3.8, 4) is 0 Å². The molecular formula is C26H44BN5O6. The first-order chi connectivity index (χ1) is 17.8. The fraction of sp³-hybridized carbons (Fsp3) is 0.808. The fourth-order valence-corrected chi connectivity index (χ4v) is 6.61. The van der Waals surface area contributed by atoms with E-state index in [2.05, 4.69) is 44.9 Å². The maximum Gasteiger partial charge on any atom is 0.481 e. The van der Waals surface area contributed by atoms with Gasteiger partial charge in [-0.25, -0.2) is 15.1 Å². The number of carbonyl (C=O) groups is 2. The molecule has 0 aromatic rings. The van der Waals surface area contributed by atoms with Gasteiger partial charge in [0.25, 0.3) is 5.96 Å². The van der Waals surface area contributed by atoms with Gasteiger partial charge in [0.1, 0.15) is 0 Å². The summed E-state index contributed by atoms with van der Waals surface area (Å²) in [4.78, 5) is 40.3. The van der Waals surface area contributed by atoms with Crippen molar-refractivity contribution < 1.29 is 23.9 Å². The van der Waals surface area contributed by atoms with Crippen molar-refractivity contribution in [1.82, 2.24) is 10.7 Å². The summed E-state index contributed by atoms with van der Waals surface area (Å²) in [5.41, 5.74) is 7.11. The lowest BCUT2D eigenvalue weighted by molar-refractivity contribution is -0.525. The van der Waals surface area contributed by atoms with Crippen LogP contribution in [-0.4, -0.2) is 54.0 Å². The molecule has 0 radical (unpaired) electrons. The fourth-order valence-electron chi connectivity index (χ4n) is 6.61. The van der Waals surface area contributed by atoms with Crippen molar-refractivity contribution in [2.45, 2.75) is 97.7 Å². The first kappa shape index (κ1) is 30.1. The maximum atomic E-state index is 13.5. The lowest BCUT2D eigenvalue weighted by atomic mass is 9.43. The van der Waals surface area contributed by atoms with Crippen LogP contribution in [0.4, 0.5) is 0 Å². The number of nitro groups is 1. The van der Waals surface area contributed by atoms with Gasteiger partial charge in [0, 0.05) is 18.9 Å². The minimum absolute atomic E-state index is 0.0130. The minimum atomic E-state index is -0.784. The Kier molecular flexibility index (Phi) is 9.62. The summed E-state index contributed by atoms with van der Waals surface area (Å²) in [5.74, 6) is -0.256. The van der Waals surface area contributed by atoms with Crippen molar-refractivity contribution in [3.05, 3.63) is 22.3 Å². The number of nitrogens with one attached hydrogen (secondary N) is 2. The van der Waals surface area contributed by atoms with Crippen LogP contribution in [0.2, 0.25) is 0 Å². The van der Waals surface area contributed by atoms with E-state index in [1.807, 2.05) is 0 Å². The number of hydrogen-bond acceptors (Lipinski definition) is 7. The van der Waals surface area contributed by atoms with Crippen LogP contribution in [0.1, 0.15) is 80.1 Å². The van der Waals surface area contributed by atoms with E-state index in [0.717, 1.165) is 12.8 Å². The molecule has 1 heterocycles. The Morgan fingerprint density at radius 2 is 2.00 bits per heavy atom. The van der Waals surface area contributed by atoms with Crippen LogP contribution in [0.25, 0.3) is 0 Å². The largest absolute Gasteiger partial charge is 0.481 e. The highest BCUT2D eigenvalue weighted by molar-refractivity contribution is 6.47. The number of ketones is 1. The zero-order valence-electron chi connectivity index (χ0n) is 23.6. The van der Waals surface area contributed by atoms with Gasteiger partial charge in [-0.3, -0.25) is 9.59 Å². The third-order valence-corrected chi connectivity index (χ3v) is 8.72. The molecule has 12 heteroatoms. The number of nitrogens with two attached hydrogens (primary N) is 1. The van der Waals surface area contributed by atoms with E-state index in [4.69, 9.17) is 15.0 Å². The maximum absolute atomic E-state index is 13.5. The van der Waals surface area contributed by atoms with Gasteiger partial charge in [0.15, 0.2) is 10.8 Å². The molecule has 1 amide bonds. The molecule has 4 aliphatic rings. The SMILES string of the molecule is C/C=C/C(=O)C[C@@H](CCCN=C(N)N[N+](=O)[O-])C(=O)N[C@@H](CC(C)C)B1O[C@@H]2C[C@@H]3C[C@@H](C3(C)C)[C@]2(C)O1. The molecule has 4 N–H and O–H groups in total. The van der Waals surface area contributed by atoms with Crippen molar-refractivity contribution in [2.24, 2.45) is 39.8 Å². The molecule has 0 spiro atoms. The zero-order chi connectivity index (χ0) is 28.3. The molecule has 2 bridgehead atoms. The average Bonchev–Trinajstić information content (AvgIpc) is 3.17. The third-order valence-electron chi connectivity index (χ3n) is 8.72. The lowest BCUT2D eigenvalue weighted by Crippen LogP contribution is -2.65. The van der Waals surface area contributed by atoms with Crippen LogP contribution < -0.4 is 16.5 Å². The van der Waals surface area contributed by atoms with E-state index in [1.165, 1.54) is 6.08 Å². The van der Waals surface area contributed by atoms with Crippen LogP contribution in [0.5, 0.6) is 0 Å². The summed E-state index contributed by atoms with van der Waals surface area (Å²) >= 11 is 0. The molecule has 4 fully saturated rings. The number of aliphatic imine (C=N–C) groups is 1. The highest BCUT2D eigenvalue weighted by atomic mass is 16.7. The minimum Gasteiger partial charge on any atom is -0.404 e. The van der Waals surface area contributed by atoms with Crippen LogP contribution >= 0.6 is 0 Å². The van der Waals surface area contributed by atoms with Gasteiger partial charge < -0.3 is 20.4 Å². The first-order valence-electron chi connectivity index (χ1n) is 13.8. The highest BCUT2D eigenvalue weighted by Crippen LogP contribution is 2.65. The topological polar surface area (TPSA) is 158 Å². The Labute approximate surface area is 226 Å². The van der Waals surface area contributed by atoms with Crippen LogP contribution in [0.15, 0.2) is 17.1 Å². The van der Waals surface area contributed by atoms with Crippen LogP contribution in [-0.2, 0) is 18.9 Å². The number of amides is 1. The van der Waals surface area contributed by atoms with Gasteiger partial charge in [-0.1, -0.05) is 39.2 Å². The third kappa shape index (κ3) is 6.75. The quantitative estimate of drug-likeness (QED) is 0.0620. The van der Waals surface area contributed by atoms with Gasteiger partial charge in [0.05, 0.1) is 17.6 Å². The Hall–Kier alpha value is -2.47. The Morgan fingerprint density at radius 1 is 1.29 bits per heavy atom. The second-order valence-corrected chi connectivity index (χ2v) is 12.2. The molecule has 0 aromatic heterocycles. The average molecular weight is 533 g/mol. The normalized spacial score (nSPS) is 29.5. The number of hydrazine groups is 1. The van der Waals surface area contributed by atoms with E-state index in [1.54, 1.807) is 18.4 Å². The second kappa shape index (κ2) is 12.2. The first-order valence-corrected chi connectivity index (χ1v) is 13.8. The number of hydrogen-bond donors (Lipinski definition) is 3. The zero-order valence-corrected chi connectivity index (χ0v) is 23.6. The van der Waals surface area contributed by atoms with Crippen LogP contribution in [0.3, 0.4) is 0 Å². The summed E-state index contributed by atoms with van der Waals surface area (Å²) in [6, 6.07) is 0. The molecule has 1 aliphatic heterocycles. The van der Waals surface area contributed by atoms with E-state index in [9.17, 15) is 19.7 Å². The summed E-state index contributed by atoms with van der Waals surface area (Å²) in [6.07, 6.45) is 6.80. The molecule has 6 atom stereocenters. The summed E-state index contributed by atoms with van der Waals surface area (Å²) in [7, 11) is -0.545. The molecule has 3 aliphatic carbocycles.